The summed E-state index contributed by atoms with van der Waals surface area (Å²) in [4.78, 5) is 12.6. The van der Waals surface area contributed by atoms with Crippen LogP contribution in [0, 0.1) is 0 Å². The Labute approximate surface area is 168 Å². The van der Waals surface area contributed by atoms with E-state index in [1.165, 1.54) is 12.1 Å². The molecule has 1 atom stereocenters. The lowest BCUT2D eigenvalue weighted by atomic mass is 9.89. The number of hydrogen-bond donors (Lipinski definition) is 1. The van der Waals surface area contributed by atoms with E-state index in [-0.39, 0.29) is 27.1 Å². The summed E-state index contributed by atoms with van der Waals surface area (Å²) in [7, 11) is -4.03. The van der Waals surface area contributed by atoms with Crippen molar-refractivity contribution in [3.63, 3.8) is 0 Å². The van der Waals surface area contributed by atoms with Crippen molar-refractivity contribution in [3.05, 3.63) is 75.8 Å². The van der Waals surface area contributed by atoms with E-state index in [0.717, 1.165) is 0 Å². The number of ketones is 1. The summed E-state index contributed by atoms with van der Waals surface area (Å²) in [5.74, 6) is -0.480. The molecule has 0 amide bonds. The zero-order valence-electron chi connectivity index (χ0n) is 14.4. The smallest absolute Gasteiger partial charge is 0.243 e. The Balaban J connectivity index is 2.22. The van der Waals surface area contributed by atoms with Gasteiger partial charge in [0.1, 0.15) is 5.03 Å². The van der Waals surface area contributed by atoms with Gasteiger partial charge in [0.05, 0.1) is 9.93 Å². The molecule has 142 valence electrons. The van der Waals surface area contributed by atoms with E-state index < -0.39 is 21.5 Å². The Morgan fingerprint density at radius 2 is 1.67 bits per heavy atom. The maximum absolute atomic E-state index is 13.0. The Kier molecular flexibility index (Phi) is 5.74. The molecule has 1 aliphatic carbocycles. The van der Waals surface area contributed by atoms with E-state index in [0.29, 0.717) is 12.0 Å². The second-order valence-corrected chi connectivity index (χ2v) is 8.39. The summed E-state index contributed by atoms with van der Waals surface area (Å²) in [6.45, 7) is 2.07. The molecule has 0 radical (unpaired) electrons. The molecule has 5 nitrogen and oxygen atoms in total. The van der Waals surface area contributed by atoms with Crippen LogP contribution < -0.4 is 4.72 Å². The summed E-state index contributed by atoms with van der Waals surface area (Å²) in [6, 6.07) is 14.3. The molecule has 0 bridgehead atoms. The Morgan fingerprint density at radius 1 is 1.04 bits per heavy atom. The number of allylic oxidation sites excluding steroid dienone is 1. The average molecular weight is 426 g/mol. The Morgan fingerprint density at radius 3 is 2.33 bits per heavy atom. The topological polar surface area (TPSA) is 72.5 Å². The van der Waals surface area contributed by atoms with Gasteiger partial charge in [0.15, 0.2) is 5.72 Å². The lowest BCUT2D eigenvalue weighted by Gasteiger charge is -2.38. The van der Waals surface area contributed by atoms with Crippen molar-refractivity contribution in [3.8, 4) is 0 Å². The third-order valence-electron chi connectivity index (χ3n) is 4.11. The van der Waals surface area contributed by atoms with Gasteiger partial charge in [0.25, 0.3) is 0 Å². The van der Waals surface area contributed by atoms with Gasteiger partial charge in [-0.05, 0) is 18.6 Å². The van der Waals surface area contributed by atoms with E-state index in [2.05, 4.69) is 4.72 Å². The summed E-state index contributed by atoms with van der Waals surface area (Å²) < 4.78 is 34.5. The number of fused-ring (bicyclic) bond motifs is 1. The number of Topliss-reactive ketones (excluding diaryl/α,β-unsaturated/α-hetero) is 1. The molecule has 1 N–H and O–H groups in total. The molecule has 0 aliphatic heterocycles. The molecule has 0 unspecified atom stereocenters. The van der Waals surface area contributed by atoms with E-state index >= 15 is 0 Å². The normalized spacial score (nSPS) is 19.9. The number of hydrogen-bond acceptors (Lipinski definition) is 4. The first kappa shape index (κ1) is 20.0. The first-order chi connectivity index (χ1) is 12.8. The lowest BCUT2D eigenvalue weighted by molar-refractivity contribution is -0.0264. The largest absolute Gasteiger partial charge is 0.350 e. The monoisotopic (exact) mass is 425 g/mol. The average Bonchev–Trinajstić information content (AvgIpc) is 2.69. The predicted octanol–water partition coefficient (Wildman–Crippen LogP) is 4.13. The fourth-order valence-corrected chi connectivity index (χ4v) is 4.72. The zero-order chi connectivity index (χ0) is 19.7. The molecule has 27 heavy (non-hydrogen) atoms. The first-order valence-electron chi connectivity index (χ1n) is 8.26. The fraction of sp³-hybridized carbons (Fsp3) is 0.211. The Bertz CT molecular complexity index is 1010. The lowest BCUT2D eigenvalue weighted by Crippen LogP contribution is -2.51. The third kappa shape index (κ3) is 3.56. The highest BCUT2D eigenvalue weighted by Gasteiger charge is 2.48. The molecule has 1 aliphatic rings. The third-order valence-corrected chi connectivity index (χ3v) is 6.47. The minimum absolute atomic E-state index is 0.0412. The van der Waals surface area contributed by atoms with E-state index in [9.17, 15) is 13.2 Å². The van der Waals surface area contributed by atoms with Crippen molar-refractivity contribution in [1.29, 1.82) is 0 Å². The summed E-state index contributed by atoms with van der Waals surface area (Å²) >= 11 is 12.6. The molecule has 0 fully saturated rings. The quantitative estimate of drug-likeness (QED) is 0.706. The van der Waals surface area contributed by atoms with E-state index in [4.69, 9.17) is 27.9 Å². The fourth-order valence-electron chi connectivity index (χ4n) is 2.85. The molecular formula is C19H17Cl2NO4S. The van der Waals surface area contributed by atoms with Crippen LogP contribution in [0.5, 0.6) is 0 Å². The Hall–Kier alpha value is -1.70. The second-order valence-electron chi connectivity index (χ2n) is 5.95. The minimum atomic E-state index is -4.03. The molecular weight excluding hydrogens is 409 g/mol. The minimum Gasteiger partial charge on any atom is -0.350 e. The predicted molar refractivity (Wildman–Crippen MR) is 104 cm³/mol. The molecule has 0 saturated heterocycles. The highest BCUT2D eigenvalue weighted by Crippen LogP contribution is 2.44. The standard InChI is InChI=1S/C19H17Cl2NO4S/c1-2-12-26-19(22-27(24,25)13-8-4-3-5-9-13)15-11-7-6-10-14(15)17(23)16(20)18(19)21/h3-11,22H,2,12H2,1H3/t19-/m1/s1. The van der Waals surface area contributed by atoms with Crippen LogP contribution in [0.2, 0.25) is 0 Å². The van der Waals surface area contributed by atoms with Crippen molar-refractivity contribution < 1.29 is 17.9 Å². The van der Waals surface area contributed by atoms with Gasteiger partial charge in [-0.2, -0.15) is 4.72 Å². The van der Waals surface area contributed by atoms with Crippen LogP contribution in [-0.4, -0.2) is 20.8 Å². The molecule has 0 aromatic heterocycles. The van der Waals surface area contributed by atoms with Crippen LogP contribution >= 0.6 is 23.2 Å². The molecule has 0 saturated carbocycles. The van der Waals surface area contributed by atoms with Gasteiger partial charge in [-0.15, -0.1) is 0 Å². The van der Waals surface area contributed by atoms with Crippen LogP contribution in [0.1, 0.15) is 29.3 Å². The van der Waals surface area contributed by atoms with Crippen molar-refractivity contribution in [2.75, 3.05) is 6.61 Å². The molecule has 0 heterocycles. The SMILES string of the molecule is CCCO[C@@]1(NS(=O)(=O)c2ccccc2)C(Cl)=C(Cl)C(=O)c2ccccc21. The number of carbonyl (C=O) groups excluding carboxylic acids is 1. The molecule has 2 aromatic rings. The number of benzene rings is 2. The molecule has 3 rings (SSSR count). The number of sulfonamides is 1. The van der Waals surface area contributed by atoms with Gasteiger partial charge in [-0.1, -0.05) is 72.6 Å². The number of halogens is 2. The highest BCUT2D eigenvalue weighted by atomic mass is 35.5. The number of carbonyl (C=O) groups is 1. The van der Waals surface area contributed by atoms with Gasteiger partial charge in [0.2, 0.25) is 15.8 Å². The summed E-state index contributed by atoms with van der Waals surface area (Å²) in [5.41, 5.74) is -1.25. The van der Waals surface area contributed by atoms with Crippen LogP contribution in [0.3, 0.4) is 0 Å². The zero-order valence-corrected chi connectivity index (χ0v) is 16.7. The van der Waals surface area contributed by atoms with Gasteiger partial charge < -0.3 is 4.74 Å². The summed E-state index contributed by atoms with van der Waals surface area (Å²) in [6.07, 6.45) is 0.604. The second kappa shape index (κ2) is 7.73. The van der Waals surface area contributed by atoms with Crippen LogP contribution in [0.15, 0.2) is 69.6 Å². The van der Waals surface area contributed by atoms with Crippen molar-refractivity contribution >= 4 is 39.0 Å². The first-order valence-corrected chi connectivity index (χ1v) is 10.5. The van der Waals surface area contributed by atoms with Crippen molar-refractivity contribution in [2.24, 2.45) is 0 Å². The van der Waals surface area contributed by atoms with Crippen LogP contribution in [-0.2, 0) is 20.5 Å². The maximum atomic E-state index is 13.0. The van der Waals surface area contributed by atoms with Gasteiger partial charge in [0, 0.05) is 17.7 Å². The number of ether oxygens (including phenoxy) is 1. The van der Waals surface area contributed by atoms with E-state index in [1.54, 1.807) is 42.5 Å². The van der Waals surface area contributed by atoms with E-state index in [1.807, 2.05) is 6.92 Å². The number of nitrogens with one attached hydrogen (secondary N) is 1. The molecule has 0 spiro atoms. The van der Waals surface area contributed by atoms with Crippen molar-refractivity contribution in [2.45, 2.75) is 24.0 Å². The van der Waals surface area contributed by atoms with Crippen LogP contribution in [0.4, 0.5) is 0 Å². The van der Waals surface area contributed by atoms with Gasteiger partial charge in [-0.3, -0.25) is 4.79 Å². The number of rotatable bonds is 6. The maximum Gasteiger partial charge on any atom is 0.243 e. The van der Waals surface area contributed by atoms with Gasteiger partial charge >= 0.3 is 0 Å². The van der Waals surface area contributed by atoms with Gasteiger partial charge in [-0.25, -0.2) is 8.42 Å². The summed E-state index contributed by atoms with van der Waals surface area (Å²) in [5, 5.41) is -0.483. The van der Waals surface area contributed by atoms with Crippen molar-refractivity contribution in [1.82, 2.24) is 4.72 Å². The molecule has 2 aromatic carbocycles. The van der Waals surface area contributed by atoms with Crippen LogP contribution in [0.25, 0.3) is 0 Å². The highest BCUT2D eigenvalue weighted by molar-refractivity contribution is 7.89. The molecule has 8 heteroatoms.